The van der Waals surface area contributed by atoms with Gasteiger partial charge in [0.25, 0.3) is 22.7 Å². The van der Waals surface area contributed by atoms with Crippen LogP contribution in [0, 0.1) is 10.1 Å². The van der Waals surface area contributed by atoms with Gasteiger partial charge in [-0.05, 0) is 36.0 Å². The molecule has 28 heavy (non-hydrogen) atoms. The zero-order valence-corrected chi connectivity index (χ0v) is 15.0. The van der Waals surface area contributed by atoms with Gasteiger partial charge in [0.15, 0.2) is 6.61 Å². The van der Waals surface area contributed by atoms with E-state index in [-0.39, 0.29) is 17.2 Å². The maximum absolute atomic E-state index is 12.1. The van der Waals surface area contributed by atoms with Crippen molar-refractivity contribution in [3.63, 3.8) is 0 Å². The van der Waals surface area contributed by atoms with Gasteiger partial charge in [0.05, 0.1) is 9.83 Å². The third kappa shape index (κ3) is 4.74. The number of benzene rings is 2. The van der Waals surface area contributed by atoms with E-state index >= 15 is 0 Å². The van der Waals surface area contributed by atoms with E-state index in [2.05, 4.69) is 10.6 Å². The minimum absolute atomic E-state index is 0.0801. The standard InChI is InChI=1S/C18H13N3O6S/c22-16(19-12-5-7-13(8-6-12)21(25)26)10-27-14-4-2-1-3-11(14)9-15-17(23)20-18(24)28-15/h1-9H,10H2,(H,19,22)(H,20,23,24)/b15-9-. The SMILES string of the molecule is O=C(COc1ccccc1/C=C1\SC(=O)NC1=O)Nc1ccc([N+](=O)[O-])cc1. The van der Waals surface area contributed by atoms with E-state index < -0.39 is 22.0 Å². The van der Waals surface area contributed by atoms with Crippen LogP contribution >= 0.6 is 11.8 Å². The predicted molar refractivity (Wildman–Crippen MR) is 103 cm³/mol. The molecule has 2 N–H and O–H groups in total. The van der Waals surface area contributed by atoms with Crippen LogP contribution in [0.3, 0.4) is 0 Å². The lowest BCUT2D eigenvalue weighted by Crippen LogP contribution is -2.20. The number of carbonyl (C=O) groups is 3. The molecular formula is C18H13N3O6S. The molecule has 3 amide bonds. The number of nitro groups is 1. The van der Waals surface area contributed by atoms with Crippen molar-refractivity contribution in [3.05, 3.63) is 69.1 Å². The lowest BCUT2D eigenvalue weighted by Gasteiger charge is -2.10. The molecule has 3 rings (SSSR count). The van der Waals surface area contributed by atoms with E-state index in [0.29, 0.717) is 17.0 Å². The minimum Gasteiger partial charge on any atom is -0.483 e. The number of imide groups is 1. The van der Waals surface area contributed by atoms with Gasteiger partial charge >= 0.3 is 0 Å². The highest BCUT2D eigenvalue weighted by Crippen LogP contribution is 2.29. The first kappa shape index (κ1) is 19.1. The van der Waals surface area contributed by atoms with Crippen LogP contribution in [0.25, 0.3) is 6.08 Å². The van der Waals surface area contributed by atoms with E-state index in [0.717, 1.165) is 11.8 Å². The summed E-state index contributed by atoms with van der Waals surface area (Å²) in [7, 11) is 0. The maximum Gasteiger partial charge on any atom is 0.290 e. The number of anilines is 1. The summed E-state index contributed by atoms with van der Waals surface area (Å²) in [5, 5.41) is 14.9. The Morgan fingerprint density at radius 3 is 2.54 bits per heavy atom. The van der Waals surface area contributed by atoms with Crippen LogP contribution in [0.15, 0.2) is 53.4 Å². The van der Waals surface area contributed by atoms with E-state index in [1.807, 2.05) is 0 Å². The second-order valence-electron chi connectivity index (χ2n) is 5.53. The van der Waals surface area contributed by atoms with E-state index in [1.54, 1.807) is 24.3 Å². The highest BCUT2D eigenvalue weighted by Gasteiger charge is 2.25. The Morgan fingerprint density at radius 1 is 1.18 bits per heavy atom. The average molecular weight is 399 g/mol. The van der Waals surface area contributed by atoms with Gasteiger partial charge in [-0.2, -0.15) is 0 Å². The molecule has 1 saturated heterocycles. The Bertz CT molecular complexity index is 987. The Labute approximate surface area is 162 Å². The number of rotatable bonds is 6. The largest absolute Gasteiger partial charge is 0.483 e. The van der Waals surface area contributed by atoms with Crippen molar-refractivity contribution in [1.29, 1.82) is 0 Å². The summed E-state index contributed by atoms with van der Waals surface area (Å²) in [6, 6.07) is 12.2. The second kappa shape index (κ2) is 8.35. The first-order chi connectivity index (χ1) is 13.4. The normalized spacial score (nSPS) is 14.6. The van der Waals surface area contributed by atoms with Crippen LogP contribution in [0.1, 0.15) is 5.56 Å². The number of hydrogen-bond acceptors (Lipinski definition) is 7. The average Bonchev–Trinajstić information content (AvgIpc) is 2.98. The van der Waals surface area contributed by atoms with Gasteiger partial charge in [-0.1, -0.05) is 18.2 Å². The Kier molecular flexibility index (Phi) is 5.70. The number of amides is 3. The molecule has 10 heteroatoms. The van der Waals surface area contributed by atoms with Crippen molar-refractivity contribution >= 4 is 46.3 Å². The Balaban J connectivity index is 1.64. The maximum atomic E-state index is 12.1. The highest BCUT2D eigenvalue weighted by atomic mass is 32.2. The van der Waals surface area contributed by atoms with Crippen molar-refractivity contribution in [2.45, 2.75) is 0 Å². The van der Waals surface area contributed by atoms with Crippen LogP contribution in [-0.2, 0) is 9.59 Å². The van der Waals surface area contributed by atoms with Gasteiger partial charge in [-0.15, -0.1) is 0 Å². The number of nitrogens with one attached hydrogen (secondary N) is 2. The van der Waals surface area contributed by atoms with Gasteiger partial charge < -0.3 is 10.1 Å². The highest BCUT2D eigenvalue weighted by molar-refractivity contribution is 8.18. The second-order valence-corrected chi connectivity index (χ2v) is 6.55. The van der Waals surface area contributed by atoms with E-state index in [1.165, 1.54) is 30.3 Å². The zero-order valence-electron chi connectivity index (χ0n) is 14.2. The first-order valence-corrected chi connectivity index (χ1v) is 8.75. The van der Waals surface area contributed by atoms with Gasteiger partial charge in [-0.3, -0.25) is 29.8 Å². The fourth-order valence-corrected chi connectivity index (χ4v) is 2.97. The molecule has 0 unspecified atom stereocenters. The molecule has 0 spiro atoms. The smallest absolute Gasteiger partial charge is 0.290 e. The zero-order chi connectivity index (χ0) is 20.1. The molecule has 2 aromatic carbocycles. The molecule has 1 heterocycles. The predicted octanol–water partition coefficient (Wildman–Crippen LogP) is 2.94. The molecular weight excluding hydrogens is 386 g/mol. The molecule has 0 bridgehead atoms. The first-order valence-electron chi connectivity index (χ1n) is 7.93. The van der Waals surface area contributed by atoms with Crippen molar-refractivity contribution < 1.29 is 24.0 Å². The number of nitrogens with zero attached hydrogens (tertiary/aromatic N) is 1. The van der Waals surface area contributed by atoms with Gasteiger partial charge in [0.1, 0.15) is 5.75 Å². The summed E-state index contributed by atoms with van der Waals surface area (Å²) in [6.45, 7) is -0.310. The number of nitro benzene ring substituents is 1. The summed E-state index contributed by atoms with van der Waals surface area (Å²) in [5.74, 6) is -0.582. The van der Waals surface area contributed by atoms with E-state index in [9.17, 15) is 24.5 Å². The van der Waals surface area contributed by atoms with Crippen LogP contribution in [0.2, 0.25) is 0 Å². The number of hydrogen-bond donors (Lipinski definition) is 2. The van der Waals surface area contributed by atoms with Gasteiger partial charge in [0, 0.05) is 23.4 Å². The fraction of sp³-hybridized carbons (Fsp3) is 0.0556. The molecule has 2 aromatic rings. The Hall–Kier alpha value is -3.66. The lowest BCUT2D eigenvalue weighted by atomic mass is 10.2. The van der Waals surface area contributed by atoms with Crippen molar-refractivity contribution in [2.75, 3.05) is 11.9 Å². The van der Waals surface area contributed by atoms with Crippen LogP contribution in [-0.4, -0.2) is 28.6 Å². The number of para-hydroxylation sites is 1. The van der Waals surface area contributed by atoms with Crippen LogP contribution in [0.4, 0.5) is 16.2 Å². The molecule has 0 aliphatic carbocycles. The van der Waals surface area contributed by atoms with E-state index in [4.69, 9.17) is 4.74 Å². The Morgan fingerprint density at radius 2 is 1.89 bits per heavy atom. The summed E-state index contributed by atoms with van der Waals surface area (Å²) in [4.78, 5) is 45.3. The topological polar surface area (TPSA) is 128 Å². The minimum atomic E-state index is -0.531. The molecule has 1 fully saturated rings. The molecule has 0 atom stereocenters. The summed E-state index contributed by atoms with van der Waals surface area (Å²) < 4.78 is 5.51. The van der Waals surface area contributed by atoms with Gasteiger partial charge in [0.2, 0.25) is 0 Å². The van der Waals surface area contributed by atoms with Crippen molar-refractivity contribution in [1.82, 2.24) is 5.32 Å². The number of carbonyl (C=O) groups excluding carboxylic acids is 3. The lowest BCUT2D eigenvalue weighted by molar-refractivity contribution is -0.384. The summed E-state index contributed by atoms with van der Waals surface area (Å²) in [6.07, 6.45) is 1.51. The molecule has 9 nitrogen and oxygen atoms in total. The number of non-ortho nitro benzene ring substituents is 1. The quantitative estimate of drug-likeness (QED) is 0.434. The molecule has 0 aromatic heterocycles. The van der Waals surface area contributed by atoms with Crippen LogP contribution < -0.4 is 15.4 Å². The number of ether oxygens (including phenoxy) is 1. The monoisotopic (exact) mass is 399 g/mol. The third-order valence-electron chi connectivity index (χ3n) is 3.57. The van der Waals surface area contributed by atoms with Crippen molar-refractivity contribution in [2.24, 2.45) is 0 Å². The molecule has 0 radical (unpaired) electrons. The van der Waals surface area contributed by atoms with Crippen LogP contribution in [0.5, 0.6) is 5.75 Å². The molecule has 1 aliphatic heterocycles. The van der Waals surface area contributed by atoms with Crippen molar-refractivity contribution in [3.8, 4) is 5.75 Å². The molecule has 0 saturated carbocycles. The summed E-state index contributed by atoms with van der Waals surface area (Å²) >= 11 is 0.785. The molecule has 1 aliphatic rings. The number of thioether (sulfide) groups is 1. The molecule has 142 valence electrons. The fourth-order valence-electron chi connectivity index (χ4n) is 2.30. The third-order valence-corrected chi connectivity index (χ3v) is 4.38. The summed E-state index contributed by atoms with van der Waals surface area (Å²) in [5.41, 5.74) is 0.855. The van der Waals surface area contributed by atoms with Gasteiger partial charge in [-0.25, -0.2) is 0 Å².